The average Bonchev–Trinajstić information content (AvgIpc) is 2.72. The van der Waals surface area contributed by atoms with Crippen LogP contribution in [0.2, 0.25) is 0 Å². The molecule has 1 aliphatic rings. The van der Waals surface area contributed by atoms with Crippen molar-refractivity contribution < 1.29 is 58.2 Å². The van der Waals surface area contributed by atoms with Crippen molar-refractivity contribution in [2.24, 2.45) is 0 Å². The minimum atomic E-state index is -5.86. The van der Waals surface area contributed by atoms with E-state index in [1.807, 2.05) is 0 Å². The summed E-state index contributed by atoms with van der Waals surface area (Å²) >= 11 is 0. The van der Waals surface area contributed by atoms with Gasteiger partial charge in [0.1, 0.15) is 18.7 Å². The predicted molar refractivity (Wildman–Crippen MR) is 108 cm³/mol. The quantitative estimate of drug-likeness (QED) is 0.518. The van der Waals surface area contributed by atoms with Crippen LogP contribution in [-0.4, -0.2) is 87.7 Å². The van der Waals surface area contributed by atoms with Crippen molar-refractivity contribution in [3.63, 3.8) is 0 Å². The normalized spacial score (nSPS) is 16.7. The largest absolute Gasteiger partial charge is 0.434 e. The van der Waals surface area contributed by atoms with Crippen LogP contribution in [0.25, 0.3) is 0 Å². The van der Waals surface area contributed by atoms with E-state index < -0.39 is 59.1 Å². The molecule has 1 unspecified atom stereocenters. The number of hydrogen-bond acceptors (Lipinski definition) is 7. The summed E-state index contributed by atoms with van der Waals surface area (Å²) in [5.74, 6) is -1.67. The van der Waals surface area contributed by atoms with Crippen LogP contribution >= 0.6 is 0 Å². The highest BCUT2D eigenvalue weighted by molar-refractivity contribution is 7.89. The Hall–Kier alpha value is -2.66. The molecule has 0 saturated carbocycles. The highest BCUT2D eigenvalue weighted by Gasteiger charge is 2.60. The summed E-state index contributed by atoms with van der Waals surface area (Å²) in [7, 11) is -3.89. The maximum absolute atomic E-state index is 14.1. The van der Waals surface area contributed by atoms with Crippen molar-refractivity contribution in [1.82, 2.24) is 14.5 Å². The van der Waals surface area contributed by atoms with E-state index in [1.54, 1.807) is 4.72 Å². The standard InChI is InChI=1S/C19H22F7N3O6S/c1-11-3-4-12(9-13(11)20)15(34-10-14(30)27-36(2,32)33)28-5-7-29(8-6-28)17(31)35-16(18(21,22)23)19(24,25)26/h3-4,9,15-16H,5-8,10H2,1-2H3,(H,27,30). The van der Waals surface area contributed by atoms with Gasteiger partial charge in [0.15, 0.2) is 0 Å². The van der Waals surface area contributed by atoms with Gasteiger partial charge in [-0.25, -0.2) is 17.6 Å². The number of piperazine rings is 1. The van der Waals surface area contributed by atoms with Gasteiger partial charge in [-0.3, -0.25) is 14.4 Å². The van der Waals surface area contributed by atoms with Gasteiger partial charge < -0.3 is 14.4 Å². The second-order valence-electron chi connectivity index (χ2n) is 7.84. The molecule has 1 heterocycles. The fraction of sp³-hybridized carbons (Fsp3) is 0.579. The number of carbonyl (C=O) groups is 2. The fourth-order valence-corrected chi connectivity index (χ4v) is 3.67. The summed E-state index contributed by atoms with van der Waals surface area (Å²) in [5.41, 5.74) is 0.472. The Morgan fingerprint density at radius 3 is 2.08 bits per heavy atom. The summed E-state index contributed by atoms with van der Waals surface area (Å²) in [6.45, 7) is -0.421. The number of nitrogens with one attached hydrogen (secondary N) is 1. The third-order valence-corrected chi connectivity index (χ3v) is 5.47. The molecule has 9 nitrogen and oxygen atoms in total. The van der Waals surface area contributed by atoms with Crippen LogP contribution in [0.3, 0.4) is 0 Å². The Morgan fingerprint density at radius 2 is 1.61 bits per heavy atom. The van der Waals surface area contributed by atoms with Gasteiger partial charge in [-0.1, -0.05) is 12.1 Å². The fourth-order valence-electron chi connectivity index (χ4n) is 3.20. The van der Waals surface area contributed by atoms with E-state index in [9.17, 15) is 48.7 Å². The van der Waals surface area contributed by atoms with Gasteiger partial charge >= 0.3 is 18.4 Å². The zero-order valence-corrected chi connectivity index (χ0v) is 19.6. The van der Waals surface area contributed by atoms with Crippen molar-refractivity contribution in [2.45, 2.75) is 31.6 Å². The molecule has 1 fully saturated rings. The third-order valence-electron chi connectivity index (χ3n) is 4.87. The first-order valence-corrected chi connectivity index (χ1v) is 12.0. The van der Waals surface area contributed by atoms with Gasteiger partial charge in [0.05, 0.1) is 6.26 Å². The molecule has 2 amide bonds. The van der Waals surface area contributed by atoms with Crippen molar-refractivity contribution in [3.05, 3.63) is 35.1 Å². The number of ether oxygens (including phenoxy) is 2. The van der Waals surface area contributed by atoms with Crippen molar-refractivity contribution in [3.8, 4) is 0 Å². The lowest BCUT2D eigenvalue weighted by molar-refractivity contribution is -0.308. The number of amides is 2. The molecule has 204 valence electrons. The molecule has 0 aromatic heterocycles. The van der Waals surface area contributed by atoms with Crippen LogP contribution < -0.4 is 4.72 Å². The summed E-state index contributed by atoms with van der Waals surface area (Å²) in [6.07, 6.45) is -18.3. The second-order valence-corrected chi connectivity index (χ2v) is 9.59. The Morgan fingerprint density at radius 1 is 1.06 bits per heavy atom. The summed E-state index contributed by atoms with van der Waals surface area (Å²) < 4.78 is 123. The van der Waals surface area contributed by atoms with Gasteiger partial charge in [0.2, 0.25) is 10.0 Å². The number of halogens is 7. The molecule has 0 aliphatic carbocycles. The van der Waals surface area contributed by atoms with Gasteiger partial charge in [-0.2, -0.15) is 26.3 Å². The Bertz CT molecular complexity index is 1040. The van der Waals surface area contributed by atoms with Crippen molar-refractivity contribution in [1.29, 1.82) is 0 Å². The molecule has 1 aromatic rings. The van der Waals surface area contributed by atoms with E-state index in [2.05, 4.69) is 4.74 Å². The van der Waals surface area contributed by atoms with Gasteiger partial charge in [0, 0.05) is 26.2 Å². The van der Waals surface area contributed by atoms with Crippen LogP contribution in [0.5, 0.6) is 0 Å². The van der Waals surface area contributed by atoms with Gasteiger partial charge in [0.25, 0.3) is 12.0 Å². The number of alkyl halides is 6. The highest BCUT2D eigenvalue weighted by atomic mass is 32.2. The molecule has 1 atom stereocenters. The molecule has 36 heavy (non-hydrogen) atoms. The SMILES string of the molecule is Cc1ccc(C(OCC(=O)NS(C)(=O)=O)N2CCN(C(=O)OC(C(F)(F)F)C(F)(F)F)CC2)cc1F. The first kappa shape index (κ1) is 29.6. The topological polar surface area (TPSA) is 105 Å². The maximum Gasteiger partial charge on any atom is 0.434 e. The average molecular weight is 553 g/mol. The first-order chi connectivity index (χ1) is 16.4. The summed E-state index contributed by atoms with van der Waals surface area (Å²) in [5, 5.41) is 0. The lowest BCUT2D eigenvalue weighted by Gasteiger charge is -2.39. The minimum absolute atomic E-state index is 0.175. The zero-order valence-electron chi connectivity index (χ0n) is 18.8. The number of aryl methyl sites for hydroxylation is 1. The molecule has 2 rings (SSSR count). The molecule has 17 heteroatoms. The number of benzene rings is 1. The molecule has 0 spiro atoms. The first-order valence-electron chi connectivity index (χ1n) is 10.1. The van der Waals surface area contributed by atoms with Crippen molar-refractivity contribution in [2.75, 3.05) is 39.0 Å². The van der Waals surface area contributed by atoms with E-state index >= 15 is 0 Å². The Labute approximate surface area is 201 Å². The number of nitrogens with zero attached hydrogens (tertiary/aromatic N) is 2. The lowest BCUT2D eigenvalue weighted by atomic mass is 10.1. The van der Waals surface area contributed by atoms with Crippen LogP contribution in [-0.2, 0) is 24.3 Å². The highest BCUT2D eigenvalue weighted by Crippen LogP contribution is 2.36. The van der Waals surface area contributed by atoms with Crippen LogP contribution in [0.4, 0.5) is 35.5 Å². The predicted octanol–water partition coefficient (Wildman–Crippen LogP) is 2.47. The monoisotopic (exact) mass is 553 g/mol. The van der Waals surface area contributed by atoms with Crippen LogP contribution in [0.15, 0.2) is 18.2 Å². The van der Waals surface area contributed by atoms with Gasteiger partial charge in [-0.05, 0) is 24.1 Å². The molecule has 0 bridgehead atoms. The van der Waals surface area contributed by atoms with E-state index in [0.29, 0.717) is 4.90 Å². The number of rotatable bonds is 7. The van der Waals surface area contributed by atoms with Gasteiger partial charge in [-0.15, -0.1) is 0 Å². The minimum Gasteiger partial charge on any atom is -0.426 e. The number of carbonyl (C=O) groups excluding carboxylic acids is 2. The molecule has 1 N–H and O–H groups in total. The maximum atomic E-state index is 14.1. The Kier molecular flexibility index (Phi) is 9.17. The van der Waals surface area contributed by atoms with E-state index in [0.717, 1.165) is 12.3 Å². The zero-order chi connectivity index (χ0) is 27.5. The molecule has 1 aromatic carbocycles. The molecular weight excluding hydrogens is 531 g/mol. The summed E-state index contributed by atoms with van der Waals surface area (Å²) in [4.78, 5) is 25.9. The molecule has 0 radical (unpaired) electrons. The lowest BCUT2D eigenvalue weighted by Crippen LogP contribution is -2.53. The van der Waals surface area contributed by atoms with E-state index in [1.165, 1.54) is 24.0 Å². The molecular formula is C19H22F7N3O6S. The van der Waals surface area contributed by atoms with Crippen molar-refractivity contribution >= 4 is 22.0 Å². The van der Waals surface area contributed by atoms with E-state index in [4.69, 9.17) is 4.74 Å². The van der Waals surface area contributed by atoms with Crippen LogP contribution in [0, 0.1) is 12.7 Å². The molecule has 1 saturated heterocycles. The third kappa shape index (κ3) is 8.48. The summed E-state index contributed by atoms with van der Waals surface area (Å²) in [6, 6.07) is 3.95. The molecule has 1 aliphatic heterocycles. The van der Waals surface area contributed by atoms with Crippen LogP contribution in [0.1, 0.15) is 17.4 Å². The second kappa shape index (κ2) is 11.2. The number of hydrogen-bond donors (Lipinski definition) is 1. The Balaban J connectivity index is 2.13. The smallest absolute Gasteiger partial charge is 0.426 e. The van der Waals surface area contributed by atoms with E-state index in [-0.39, 0.29) is 37.3 Å². The number of sulfonamides is 1.